The largest absolute Gasteiger partial charge is 0.453 e. The molecule has 338 valence electrons. The SMILES string of the molecule is COC(=O)N[C@H](C(=O)N1CCC[C@H]1c1nc(-c2ccc(-c3ccc(-c4ccc(-c5c[nH]c([C@@H]6CCCN6C(=O)[C@@H](NC(=O)OC)C(C)C)n5)cc4)n3-c3ccccc3)cc2)c[nH]1)C(C)C. The number of likely N-dealkylation sites (tertiary alicyclic amines) is 2. The van der Waals surface area contributed by atoms with E-state index in [4.69, 9.17) is 19.4 Å². The van der Waals surface area contributed by atoms with Crippen LogP contribution in [-0.2, 0) is 19.1 Å². The highest BCUT2D eigenvalue weighted by Crippen LogP contribution is 2.37. The maximum atomic E-state index is 13.7. The van der Waals surface area contributed by atoms with E-state index in [9.17, 15) is 19.2 Å². The Morgan fingerprint density at radius 1 is 0.585 bits per heavy atom. The van der Waals surface area contributed by atoms with Gasteiger partial charge in [0.2, 0.25) is 11.8 Å². The van der Waals surface area contributed by atoms with E-state index < -0.39 is 24.3 Å². The van der Waals surface area contributed by atoms with E-state index in [2.05, 4.69) is 98.0 Å². The molecule has 8 rings (SSSR count). The van der Waals surface area contributed by atoms with Crippen molar-refractivity contribution in [1.29, 1.82) is 0 Å². The summed E-state index contributed by atoms with van der Waals surface area (Å²) in [5, 5.41) is 5.42. The number of carbonyl (C=O) groups excluding carboxylic acids is 4. The average Bonchev–Trinajstić information content (AvgIpc) is 4.19. The highest BCUT2D eigenvalue weighted by molar-refractivity contribution is 5.87. The minimum Gasteiger partial charge on any atom is -0.453 e. The first-order valence-corrected chi connectivity index (χ1v) is 22.3. The third-order valence-corrected chi connectivity index (χ3v) is 12.5. The zero-order chi connectivity index (χ0) is 45.8. The Balaban J connectivity index is 1.00. The molecule has 15 heteroatoms. The van der Waals surface area contributed by atoms with Crippen molar-refractivity contribution < 1.29 is 28.7 Å². The Hall–Kier alpha value is -7.16. The van der Waals surface area contributed by atoms with Gasteiger partial charge in [-0.25, -0.2) is 19.6 Å². The van der Waals surface area contributed by atoms with E-state index in [-0.39, 0.29) is 35.7 Å². The number of hydrogen-bond donors (Lipinski definition) is 4. The van der Waals surface area contributed by atoms with Crippen LogP contribution in [0.15, 0.2) is 103 Å². The number of hydrogen-bond acceptors (Lipinski definition) is 8. The van der Waals surface area contributed by atoms with Gasteiger partial charge < -0.3 is 44.4 Å². The molecule has 5 heterocycles. The maximum Gasteiger partial charge on any atom is 0.407 e. The average molecular weight is 880 g/mol. The minimum absolute atomic E-state index is 0.116. The number of amides is 4. The summed E-state index contributed by atoms with van der Waals surface area (Å²) >= 11 is 0. The predicted molar refractivity (Wildman–Crippen MR) is 248 cm³/mol. The van der Waals surface area contributed by atoms with Gasteiger partial charge >= 0.3 is 12.2 Å². The van der Waals surface area contributed by atoms with Crippen LogP contribution in [0.4, 0.5) is 9.59 Å². The Bertz CT molecular complexity index is 2460. The van der Waals surface area contributed by atoms with Gasteiger partial charge in [0.05, 0.1) is 49.1 Å². The van der Waals surface area contributed by atoms with Crippen LogP contribution < -0.4 is 10.6 Å². The van der Waals surface area contributed by atoms with Gasteiger partial charge in [0.15, 0.2) is 0 Å². The number of imidazole rings is 2. The number of para-hydroxylation sites is 1. The highest BCUT2D eigenvalue weighted by atomic mass is 16.5. The van der Waals surface area contributed by atoms with Crippen LogP contribution in [0.5, 0.6) is 0 Å². The second-order valence-corrected chi connectivity index (χ2v) is 17.4. The van der Waals surface area contributed by atoms with Crippen LogP contribution in [0, 0.1) is 11.8 Å². The van der Waals surface area contributed by atoms with Crippen molar-refractivity contribution in [3.05, 3.63) is 115 Å². The number of nitrogens with one attached hydrogen (secondary N) is 4. The lowest BCUT2D eigenvalue weighted by molar-refractivity contribution is -0.136. The molecule has 65 heavy (non-hydrogen) atoms. The molecule has 0 saturated carbocycles. The fourth-order valence-corrected chi connectivity index (χ4v) is 9.06. The normalized spacial score (nSPS) is 17.0. The van der Waals surface area contributed by atoms with Crippen molar-refractivity contribution in [3.63, 3.8) is 0 Å². The lowest BCUT2D eigenvalue weighted by Gasteiger charge is -2.29. The number of methoxy groups -OCH3 is 2. The minimum atomic E-state index is -0.700. The van der Waals surface area contributed by atoms with Gasteiger partial charge in [-0.3, -0.25) is 9.59 Å². The number of nitrogens with zero attached hydrogens (tertiary/aromatic N) is 5. The molecule has 6 aromatic rings. The molecule has 2 fully saturated rings. The van der Waals surface area contributed by atoms with Crippen molar-refractivity contribution >= 4 is 24.0 Å². The van der Waals surface area contributed by atoms with Crippen LogP contribution in [0.1, 0.15) is 77.1 Å². The predicted octanol–water partition coefficient (Wildman–Crippen LogP) is 8.68. The summed E-state index contributed by atoms with van der Waals surface area (Å²) in [5.74, 6) is 0.915. The van der Waals surface area contributed by atoms with E-state index in [1.54, 1.807) is 0 Å². The molecule has 2 aliphatic heterocycles. The van der Waals surface area contributed by atoms with Gasteiger partial charge in [0.1, 0.15) is 23.7 Å². The number of rotatable bonds is 13. The molecule has 0 spiro atoms. The molecule has 15 nitrogen and oxygen atoms in total. The fourth-order valence-electron chi connectivity index (χ4n) is 9.06. The molecule has 4 amide bonds. The summed E-state index contributed by atoms with van der Waals surface area (Å²) in [4.78, 5) is 71.7. The molecule has 2 saturated heterocycles. The lowest BCUT2D eigenvalue weighted by Crippen LogP contribution is -2.51. The zero-order valence-corrected chi connectivity index (χ0v) is 37.7. The molecular formula is C50H57N9O6. The van der Waals surface area contributed by atoms with Gasteiger partial charge in [0.25, 0.3) is 0 Å². The van der Waals surface area contributed by atoms with Crippen LogP contribution in [-0.4, -0.2) is 97.7 Å². The fraction of sp³-hybridized carbons (Fsp3) is 0.360. The quantitative estimate of drug-likeness (QED) is 0.0890. The number of H-pyrrole nitrogens is 2. The molecule has 0 bridgehead atoms. The Kier molecular flexibility index (Phi) is 13.2. The smallest absolute Gasteiger partial charge is 0.407 e. The van der Waals surface area contributed by atoms with Crippen molar-refractivity contribution in [3.8, 4) is 50.7 Å². The second kappa shape index (κ2) is 19.3. The van der Waals surface area contributed by atoms with Crippen LogP contribution >= 0.6 is 0 Å². The summed E-state index contributed by atoms with van der Waals surface area (Å²) in [6.45, 7) is 8.79. The third-order valence-electron chi connectivity index (χ3n) is 12.5. The summed E-state index contributed by atoms with van der Waals surface area (Å²) < 4.78 is 11.8. The first-order chi connectivity index (χ1) is 31.4. The van der Waals surface area contributed by atoms with Gasteiger partial charge in [0, 0.05) is 42.3 Å². The Morgan fingerprint density at radius 3 is 1.37 bits per heavy atom. The third kappa shape index (κ3) is 9.26. The van der Waals surface area contributed by atoms with Crippen molar-refractivity contribution in [2.45, 2.75) is 77.5 Å². The molecular weight excluding hydrogens is 823 g/mol. The molecule has 4 atom stereocenters. The first kappa shape index (κ1) is 44.4. The molecule has 3 aromatic carbocycles. The Morgan fingerprint density at radius 2 is 0.985 bits per heavy atom. The van der Waals surface area contributed by atoms with E-state index in [1.165, 1.54) is 14.2 Å². The Labute approximate surface area is 379 Å². The lowest BCUT2D eigenvalue weighted by atomic mass is 10.0. The molecule has 0 aliphatic carbocycles. The molecule has 0 radical (unpaired) electrons. The first-order valence-electron chi connectivity index (χ1n) is 22.3. The number of aromatic nitrogens is 5. The second-order valence-electron chi connectivity index (χ2n) is 17.4. The standard InChI is InChI=1S/C50H57N9O6/c1-30(2)43(55-49(62)64-5)47(60)57-26-10-14-41(57)45-51-28-37(53-45)32-16-20-34(21-17-32)39-24-25-40(59(39)36-12-8-7-9-13-36)35-22-18-33(19-23-35)38-29-52-46(54-38)42-15-11-27-58(42)48(61)44(31(3)4)56-50(63)65-6/h7-9,12-13,16-25,28-31,41-44H,10-11,14-15,26-27H2,1-6H3,(H,51,53)(H,52,54)(H,55,62)(H,56,63)/t41-,42-,43-,44-/m0/s1. The van der Waals surface area contributed by atoms with Gasteiger partial charge in [-0.05, 0) is 72.9 Å². The summed E-state index contributed by atoms with van der Waals surface area (Å²) in [6.07, 6.45) is 5.74. The maximum absolute atomic E-state index is 13.7. The number of ether oxygens (including phenoxy) is 2. The monoisotopic (exact) mass is 879 g/mol. The molecule has 3 aromatic heterocycles. The van der Waals surface area contributed by atoms with Gasteiger partial charge in [-0.1, -0.05) is 94.4 Å². The highest BCUT2D eigenvalue weighted by Gasteiger charge is 2.39. The van der Waals surface area contributed by atoms with Crippen molar-refractivity contribution in [2.24, 2.45) is 11.8 Å². The van der Waals surface area contributed by atoms with E-state index in [1.807, 2.05) is 68.1 Å². The van der Waals surface area contributed by atoms with E-state index in [0.29, 0.717) is 13.1 Å². The number of alkyl carbamates (subject to hydrolysis) is 2. The van der Waals surface area contributed by atoms with Crippen LogP contribution in [0.2, 0.25) is 0 Å². The summed E-state index contributed by atoms with van der Waals surface area (Å²) in [5.41, 5.74) is 8.59. The number of benzene rings is 3. The number of aromatic amines is 2. The molecule has 0 unspecified atom stereocenters. The van der Waals surface area contributed by atoms with Gasteiger partial charge in [-0.2, -0.15) is 0 Å². The molecule has 2 aliphatic rings. The van der Waals surface area contributed by atoms with E-state index in [0.717, 1.165) is 88.0 Å². The summed E-state index contributed by atoms with van der Waals surface area (Å²) in [7, 11) is 2.59. The topological polar surface area (TPSA) is 180 Å². The van der Waals surface area contributed by atoms with Crippen molar-refractivity contribution in [1.82, 2.24) is 44.9 Å². The summed E-state index contributed by atoms with van der Waals surface area (Å²) in [6, 6.07) is 29.4. The van der Waals surface area contributed by atoms with Gasteiger partial charge in [-0.15, -0.1) is 0 Å². The molecule has 4 N–H and O–H groups in total. The zero-order valence-electron chi connectivity index (χ0n) is 37.7. The van der Waals surface area contributed by atoms with E-state index >= 15 is 0 Å². The van der Waals surface area contributed by atoms with Crippen LogP contribution in [0.25, 0.3) is 50.7 Å². The van der Waals surface area contributed by atoms with Crippen LogP contribution in [0.3, 0.4) is 0 Å². The van der Waals surface area contributed by atoms with Crippen molar-refractivity contribution in [2.75, 3.05) is 27.3 Å². The number of carbonyl (C=O) groups is 4.